The maximum Gasteiger partial charge on any atom is 0.187 e. The van der Waals surface area contributed by atoms with Crippen LogP contribution < -0.4 is 10.1 Å². The number of methoxy groups -OCH3 is 2. The van der Waals surface area contributed by atoms with E-state index in [4.69, 9.17) is 9.47 Å². The van der Waals surface area contributed by atoms with Crippen LogP contribution in [0.5, 0.6) is 5.75 Å². The van der Waals surface area contributed by atoms with Crippen molar-refractivity contribution in [3.05, 3.63) is 23.8 Å². The van der Waals surface area contributed by atoms with Gasteiger partial charge in [0.25, 0.3) is 0 Å². The van der Waals surface area contributed by atoms with E-state index in [-0.39, 0.29) is 22.2 Å². The molecule has 7 nitrogen and oxygen atoms in total. The molecule has 1 fully saturated rings. The molecule has 1 aromatic carbocycles. The Morgan fingerprint density at radius 2 is 1.96 bits per heavy atom. The first-order valence-corrected chi connectivity index (χ1v) is 11.4. The van der Waals surface area contributed by atoms with Gasteiger partial charge in [0.15, 0.2) is 19.7 Å². The Bertz CT molecular complexity index is 804. The molecule has 1 N–H and O–H groups in total. The maximum absolute atomic E-state index is 13.1. The van der Waals surface area contributed by atoms with Crippen LogP contribution in [0.4, 0.5) is 0 Å². The van der Waals surface area contributed by atoms with Gasteiger partial charge in [-0.1, -0.05) is 6.07 Å². The molecule has 0 bridgehead atoms. The Kier molecular flexibility index (Phi) is 6.47. The van der Waals surface area contributed by atoms with Crippen LogP contribution in [-0.2, 0) is 24.4 Å². The summed E-state index contributed by atoms with van der Waals surface area (Å²) in [6, 6.07) is 4.23. The van der Waals surface area contributed by atoms with Crippen molar-refractivity contribution in [2.75, 3.05) is 38.9 Å². The number of sulfone groups is 2. The molecule has 0 aromatic heterocycles. The quantitative estimate of drug-likeness (QED) is 0.647. The smallest absolute Gasteiger partial charge is 0.187 e. The number of hydrogen-bond acceptors (Lipinski definition) is 7. The molecule has 0 spiro atoms. The number of nitrogens with one attached hydrogen (secondary N) is 1. The maximum atomic E-state index is 13.1. The number of aryl methyl sites for hydroxylation is 1. The SMILES string of the molecule is COCCCN[C@H]1CS(=O)(=O)C[C@@H]1S(=O)(=O)c1cc(C)ccc1OC. The lowest BCUT2D eigenvalue weighted by Gasteiger charge is -2.21. The van der Waals surface area contributed by atoms with Gasteiger partial charge in [0.05, 0.1) is 23.9 Å². The molecule has 142 valence electrons. The van der Waals surface area contributed by atoms with Crippen molar-refractivity contribution >= 4 is 19.7 Å². The van der Waals surface area contributed by atoms with E-state index < -0.39 is 31.0 Å². The van der Waals surface area contributed by atoms with Crippen molar-refractivity contribution in [1.82, 2.24) is 5.32 Å². The van der Waals surface area contributed by atoms with Crippen LogP contribution in [0.2, 0.25) is 0 Å². The van der Waals surface area contributed by atoms with Crippen molar-refractivity contribution in [3.8, 4) is 5.75 Å². The Hall–Kier alpha value is -1.16. The van der Waals surface area contributed by atoms with Gasteiger partial charge in [-0.3, -0.25) is 0 Å². The highest BCUT2D eigenvalue weighted by molar-refractivity contribution is 7.96. The van der Waals surface area contributed by atoms with Crippen LogP contribution in [0.25, 0.3) is 0 Å². The number of ether oxygens (including phenoxy) is 2. The molecule has 0 radical (unpaired) electrons. The predicted octanol–water partition coefficient (Wildman–Crippen LogP) is 0.569. The standard InChI is InChI=1S/C16H25NO6S2/c1-12-5-6-14(23-3)15(9-12)25(20,21)16-11-24(18,19)10-13(16)17-7-4-8-22-2/h5-6,9,13,16-17H,4,7-8,10-11H2,1-3H3/t13-,16-/m0/s1. The molecule has 1 aromatic rings. The normalized spacial score (nSPS) is 22.8. The Balaban J connectivity index is 2.33. The van der Waals surface area contributed by atoms with Gasteiger partial charge in [0, 0.05) is 19.8 Å². The molecule has 9 heteroatoms. The minimum Gasteiger partial charge on any atom is -0.495 e. The summed E-state index contributed by atoms with van der Waals surface area (Å²) in [5, 5.41) is 2.04. The summed E-state index contributed by atoms with van der Waals surface area (Å²) in [5.74, 6) is -0.333. The third-order valence-electron chi connectivity index (χ3n) is 4.26. The van der Waals surface area contributed by atoms with Crippen LogP contribution in [0.1, 0.15) is 12.0 Å². The van der Waals surface area contributed by atoms with E-state index >= 15 is 0 Å². The fourth-order valence-electron chi connectivity index (χ4n) is 2.98. The van der Waals surface area contributed by atoms with Crippen LogP contribution in [-0.4, -0.2) is 67.0 Å². The molecule has 1 aliphatic rings. The Morgan fingerprint density at radius 3 is 2.60 bits per heavy atom. The van der Waals surface area contributed by atoms with Gasteiger partial charge < -0.3 is 14.8 Å². The van der Waals surface area contributed by atoms with Gasteiger partial charge in [0.2, 0.25) is 0 Å². The lowest BCUT2D eigenvalue weighted by atomic mass is 10.2. The highest BCUT2D eigenvalue weighted by Gasteiger charge is 2.46. The molecular weight excluding hydrogens is 366 g/mol. The Labute approximate surface area is 149 Å². The molecule has 1 heterocycles. The lowest BCUT2D eigenvalue weighted by Crippen LogP contribution is -2.44. The van der Waals surface area contributed by atoms with Gasteiger partial charge in [-0.15, -0.1) is 0 Å². The average molecular weight is 392 g/mol. The summed E-state index contributed by atoms with van der Waals surface area (Å²) in [5.41, 5.74) is 0.768. The number of rotatable bonds is 8. The lowest BCUT2D eigenvalue weighted by molar-refractivity contribution is 0.193. The molecule has 0 amide bonds. The second kappa shape index (κ2) is 8.03. The van der Waals surface area contributed by atoms with E-state index in [0.29, 0.717) is 19.6 Å². The minimum atomic E-state index is -3.86. The van der Waals surface area contributed by atoms with Gasteiger partial charge in [0.1, 0.15) is 10.6 Å². The second-order valence-electron chi connectivity index (χ2n) is 6.22. The van der Waals surface area contributed by atoms with Crippen molar-refractivity contribution in [1.29, 1.82) is 0 Å². The van der Waals surface area contributed by atoms with Gasteiger partial charge >= 0.3 is 0 Å². The number of benzene rings is 1. The first-order chi connectivity index (χ1) is 11.7. The molecule has 2 rings (SSSR count). The zero-order chi connectivity index (χ0) is 18.7. The van der Waals surface area contributed by atoms with Crippen LogP contribution in [0.15, 0.2) is 23.1 Å². The summed E-state index contributed by atoms with van der Waals surface area (Å²) in [4.78, 5) is 0.0424. The molecule has 2 atom stereocenters. The van der Waals surface area contributed by atoms with Crippen LogP contribution in [0.3, 0.4) is 0 Å². The first kappa shape index (κ1) is 20.2. The fraction of sp³-hybridized carbons (Fsp3) is 0.625. The molecule has 1 aliphatic heterocycles. The molecule has 1 saturated heterocycles. The molecule has 0 saturated carbocycles. The Morgan fingerprint density at radius 1 is 1.24 bits per heavy atom. The van der Waals surface area contributed by atoms with E-state index in [1.54, 1.807) is 26.2 Å². The van der Waals surface area contributed by atoms with Gasteiger partial charge in [-0.25, -0.2) is 16.8 Å². The zero-order valence-corrected chi connectivity index (χ0v) is 16.3. The highest BCUT2D eigenvalue weighted by atomic mass is 32.2. The molecule has 0 unspecified atom stereocenters. The van der Waals surface area contributed by atoms with Crippen LogP contribution in [0, 0.1) is 6.92 Å². The van der Waals surface area contributed by atoms with Gasteiger partial charge in [-0.2, -0.15) is 0 Å². The summed E-state index contributed by atoms with van der Waals surface area (Å²) in [6.07, 6.45) is 0.674. The largest absolute Gasteiger partial charge is 0.495 e. The fourth-order valence-corrected chi connectivity index (χ4v) is 7.94. The highest BCUT2D eigenvalue weighted by Crippen LogP contribution is 2.32. The van der Waals surface area contributed by atoms with E-state index in [0.717, 1.165) is 5.56 Å². The van der Waals surface area contributed by atoms with E-state index in [2.05, 4.69) is 5.32 Å². The summed E-state index contributed by atoms with van der Waals surface area (Å²) in [6.45, 7) is 2.80. The molecule has 0 aliphatic carbocycles. The topological polar surface area (TPSA) is 98.8 Å². The van der Waals surface area contributed by atoms with Crippen molar-refractivity contribution in [3.63, 3.8) is 0 Å². The molecule has 25 heavy (non-hydrogen) atoms. The summed E-state index contributed by atoms with van der Waals surface area (Å²) in [7, 11) is -4.31. The predicted molar refractivity (Wildman–Crippen MR) is 95.6 cm³/mol. The first-order valence-electron chi connectivity index (χ1n) is 8.02. The van der Waals surface area contributed by atoms with Gasteiger partial charge in [-0.05, 0) is 37.6 Å². The van der Waals surface area contributed by atoms with Crippen LogP contribution >= 0.6 is 0 Å². The van der Waals surface area contributed by atoms with Crippen molar-refractivity contribution in [2.45, 2.75) is 29.5 Å². The second-order valence-corrected chi connectivity index (χ2v) is 10.5. The third kappa shape index (κ3) is 4.72. The van der Waals surface area contributed by atoms with E-state index in [9.17, 15) is 16.8 Å². The third-order valence-corrected chi connectivity index (χ3v) is 8.43. The summed E-state index contributed by atoms with van der Waals surface area (Å²) < 4.78 is 60.6. The van der Waals surface area contributed by atoms with E-state index in [1.165, 1.54) is 13.2 Å². The van der Waals surface area contributed by atoms with E-state index in [1.807, 2.05) is 0 Å². The van der Waals surface area contributed by atoms with Crippen molar-refractivity contribution < 1.29 is 26.3 Å². The zero-order valence-electron chi connectivity index (χ0n) is 14.7. The van der Waals surface area contributed by atoms with Crippen molar-refractivity contribution in [2.24, 2.45) is 0 Å². The average Bonchev–Trinajstić information content (AvgIpc) is 2.87. The molecular formula is C16H25NO6S2. The monoisotopic (exact) mass is 391 g/mol. The minimum absolute atomic E-state index is 0.0424. The number of hydrogen-bond donors (Lipinski definition) is 1. The summed E-state index contributed by atoms with van der Waals surface area (Å²) >= 11 is 0.